The molecule has 1 N–H and O–H groups in total. The van der Waals surface area contributed by atoms with Crippen LogP contribution in [0.15, 0.2) is 12.1 Å². The van der Waals surface area contributed by atoms with Gasteiger partial charge in [-0.3, -0.25) is 9.48 Å². The third-order valence-electron chi connectivity index (χ3n) is 4.35. The van der Waals surface area contributed by atoms with E-state index in [4.69, 9.17) is 21.1 Å². The Kier molecular flexibility index (Phi) is 4.41. The second-order valence-corrected chi connectivity index (χ2v) is 6.08. The van der Waals surface area contributed by atoms with E-state index in [0.717, 1.165) is 23.2 Å². The molecule has 1 aliphatic rings. The molecule has 0 radical (unpaired) electrons. The van der Waals surface area contributed by atoms with Gasteiger partial charge in [-0.25, -0.2) is 0 Å². The first-order valence-electron chi connectivity index (χ1n) is 7.77. The number of amides is 1. The minimum atomic E-state index is -0.203. The number of nitrogens with zero attached hydrogens (tertiary/aromatic N) is 2. The molecule has 6 nitrogen and oxygen atoms in total. The second-order valence-electron chi connectivity index (χ2n) is 5.72. The number of aromatic nitrogens is 2. The van der Waals surface area contributed by atoms with Gasteiger partial charge in [0.2, 0.25) is 5.91 Å². The highest BCUT2D eigenvalue weighted by molar-refractivity contribution is 6.30. The molecule has 1 unspecified atom stereocenters. The number of hydrogen-bond donors (Lipinski definition) is 1. The highest BCUT2D eigenvalue weighted by Gasteiger charge is 2.34. The molecule has 0 fully saturated rings. The van der Waals surface area contributed by atoms with E-state index in [1.165, 1.54) is 0 Å². The number of rotatable bonds is 4. The zero-order valence-corrected chi connectivity index (χ0v) is 14.9. The van der Waals surface area contributed by atoms with Crippen molar-refractivity contribution in [3.8, 4) is 11.5 Å². The van der Waals surface area contributed by atoms with E-state index in [9.17, 15) is 4.79 Å². The molecule has 1 amide bonds. The number of fused-ring (bicyclic) bond motifs is 1. The zero-order valence-electron chi connectivity index (χ0n) is 14.1. The quantitative estimate of drug-likeness (QED) is 0.921. The summed E-state index contributed by atoms with van der Waals surface area (Å²) in [5.74, 6) is 1.02. The van der Waals surface area contributed by atoms with Gasteiger partial charge in [0.05, 0.1) is 25.6 Å². The first-order chi connectivity index (χ1) is 11.5. The average molecular weight is 350 g/mol. The molecule has 0 saturated carbocycles. The fourth-order valence-electron chi connectivity index (χ4n) is 3.26. The van der Waals surface area contributed by atoms with Gasteiger partial charge in [-0.05, 0) is 6.42 Å². The van der Waals surface area contributed by atoms with Crippen LogP contribution in [-0.2, 0) is 18.3 Å². The van der Waals surface area contributed by atoms with Crippen molar-refractivity contribution < 1.29 is 14.3 Å². The van der Waals surface area contributed by atoms with Crippen molar-refractivity contribution in [3.05, 3.63) is 34.1 Å². The number of nitrogens with one attached hydrogen (secondary N) is 1. The largest absolute Gasteiger partial charge is 0.497 e. The molecule has 24 heavy (non-hydrogen) atoms. The van der Waals surface area contributed by atoms with Gasteiger partial charge < -0.3 is 14.8 Å². The number of carbonyl (C=O) groups excluding carboxylic acids is 1. The van der Waals surface area contributed by atoms with E-state index in [2.05, 4.69) is 10.4 Å². The number of aryl methyl sites for hydroxylation is 2. The van der Waals surface area contributed by atoms with Crippen molar-refractivity contribution in [2.75, 3.05) is 19.5 Å². The van der Waals surface area contributed by atoms with Gasteiger partial charge in [0.25, 0.3) is 0 Å². The first kappa shape index (κ1) is 16.6. The van der Waals surface area contributed by atoms with Gasteiger partial charge in [-0.2, -0.15) is 5.10 Å². The highest BCUT2D eigenvalue weighted by Crippen LogP contribution is 2.47. The number of ether oxygens (including phenoxy) is 2. The number of anilines is 1. The average Bonchev–Trinajstić information content (AvgIpc) is 2.87. The molecule has 0 aliphatic carbocycles. The summed E-state index contributed by atoms with van der Waals surface area (Å²) in [6.45, 7) is 2.03. The molecule has 0 bridgehead atoms. The van der Waals surface area contributed by atoms with E-state index < -0.39 is 0 Å². The molecule has 2 heterocycles. The van der Waals surface area contributed by atoms with Crippen LogP contribution in [-0.4, -0.2) is 29.9 Å². The van der Waals surface area contributed by atoms with Crippen molar-refractivity contribution in [2.24, 2.45) is 7.05 Å². The summed E-state index contributed by atoms with van der Waals surface area (Å²) in [4.78, 5) is 12.3. The maximum atomic E-state index is 12.3. The summed E-state index contributed by atoms with van der Waals surface area (Å²) >= 11 is 6.50. The van der Waals surface area contributed by atoms with Crippen LogP contribution >= 0.6 is 11.6 Å². The van der Waals surface area contributed by atoms with E-state index in [1.807, 2.05) is 13.0 Å². The van der Waals surface area contributed by atoms with Gasteiger partial charge in [0.15, 0.2) is 0 Å². The van der Waals surface area contributed by atoms with Crippen LogP contribution in [0.25, 0.3) is 0 Å². The minimum absolute atomic E-state index is 0.0650. The number of carbonyl (C=O) groups is 1. The van der Waals surface area contributed by atoms with Crippen LogP contribution in [0.2, 0.25) is 5.15 Å². The predicted molar refractivity (Wildman–Crippen MR) is 92.2 cm³/mol. The van der Waals surface area contributed by atoms with Crippen molar-refractivity contribution in [1.29, 1.82) is 0 Å². The van der Waals surface area contributed by atoms with E-state index >= 15 is 0 Å². The number of halogens is 1. The van der Waals surface area contributed by atoms with Gasteiger partial charge >= 0.3 is 0 Å². The smallest absolute Gasteiger partial charge is 0.225 e. The SMILES string of the molecule is CCc1nn(C)c(Cl)c1C1CC(=O)Nc2cc(OC)cc(OC)c21. The second kappa shape index (κ2) is 6.36. The lowest BCUT2D eigenvalue weighted by atomic mass is 9.83. The van der Waals surface area contributed by atoms with Crippen LogP contribution in [0.5, 0.6) is 11.5 Å². The summed E-state index contributed by atoms with van der Waals surface area (Å²) in [5.41, 5.74) is 3.38. The summed E-state index contributed by atoms with van der Waals surface area (Å²) < 4.78 is 12.5. The van der Waals surface area contributed by atoms with E-state index in [-0.39, 0.29) is 11.8 Å². The summed E-state index contributed by atoms with van der Waals surface area (Å²) in [7, 11) is 4.99. The Hall–Kier alpha value is -2.21. The molecule has 1 aliphatic heterocycles. The molecule has 2 aromatic rings. The van der Waals surface area contributed by atoms with Crippen molar-refractivity contribution in [2.45, 2.75) is 25.7 Å². The van der Waals surface area contributed by atoms with Gasteiger partial charge in [0.1, 0.15) is 16.7 Å². The monoisotopic (exact) mass is 349 g/mol. The first-order valence-corrected chi connectivity index (χ1v) is 8.14. The number of hydrogen-bond acceptors (Lipinski definition) is 4. The van der Waals surface area contributed by atoms with Crippen molar-refractivity contribution in [1.82, 2.24) is 9.78 Å². The predicted octanol–water partition coefficient (Wildman–Crippen LogP) is 3.13. The van der Waals surface area contributed by atoms with Crippen LogP contribution in [0, 0.1) is 0 Å². The van der Waals surface area contributed by atoms with Crippen LogP contribution < -0.4 is 14.8 Å². The Morgan fingerprint density at radius 1 is 1.33 bits per heavy atom. The standard InChI is InChI=1S/C17H20ClN3O3/c1-5-11-16(17(18)21(2)20-11)10-8-14(22)19-12-6-9(23-3)7-13(24-4)15(10)12/h6-7,10H,5,8H2,1-4H3,(H,19,22). The molecule has 3 rings (SSSR count). The molecular formula is C17H20ClN3O3. The number of methoxy groups -OCH3 is 2. The number of benzene rings is 1. The Morgan fingerprint density at radius 3 is 2.71 bits per heavy atom. The summed E-state index contributed by atoms with van der Waals surface area (Å²) in [6.07, 6.45) is 1.04. The zero-order chi connectivity index (χ0) is 17.4. The maximum absolute atomic E-state index is 12.3. The molecule has 0 spiro atoms. The van der Waals surface area contributed by atoms with E-state index in [0.29, 0.717) is 28.8 Å². The molecule has 128 valence electrons. The molecular weight excluding hydrogens is 330 g/mol. The topological polar surface area (TPSA) is 65.4 Å². The Balaban J connectivity index is 2.24. The Bertz CT molecular complexity index is 801. The normalized spacial score (nSPS) is 16.5. The fraction of sp³-hybridized carbons (Fsp3) is 0.412. The lowest BCUT2D eigenvalue weighted by Gasteiger charge is -2.28. The third-order valence-corrected chi connectivity index (χ3v) is 4.80. The van der Waals surface area contributed by atoms with Gasteiger partial charge in [-0.15, -0.1) is 0 Å². The van der Waals surface area contributed by atoms with Gasteiger partial charge in [0, 0.05) is 42.6 Å². The molecule has 0 saturated heterocycles. The molecule has 1 aromatic carbocycles. The Labute approximate surface area is 145 Å². The summed E-state index contributed by atoms with van der Waals surface area (Å²) in [6, 6.07) is 3.62. The lowest BCUT2D eigenvalue weighted by Crippen LogP contribution is -2.24. The minimum Gasteiger partial charge on any atom is -0.497 e. The fourth-order valence-corrected chi connectivity index (χ4v) is 3.54. The lowest BCUT2D eigenvalue weighted by molar-refractivity contribution is -0.116. The van der Waals surface area contributed by atoms with Crippen molar-refractivity contribution >= 4 is 23.2 Å². The van der Waals surface area contributed by atoms with Crippen LogP contribution in [0.4, 0.5) is 5.69 Å². The third kappa shape index (κ3) is 2.60. The maximum Gasteiger partial charge on any atom is 0.225 e. The van der Waals surface area contributed by atoms with Crippen LogP contribution in [0.3, 0.4) is 0 Å². The molecule has 1 atom stereocenters. The summed E-state index contributed by atoms with van der Waals surface area (Å²) in [5, 5.41) is 7.93. The van der Waals surface area contributed by atoms with Gasteiger partial charge in [-0.1, -0.05) is 18.5 Å². The highest BCUT2D eigenvalue weighted by atomic mass is 35.5. The molecule has 7 heteroatoms. The van der Waals surface area contributed by atoms with Crippen molar-refractivity contribution in [3.63, 3.8) is 0 Å². The van der Waals surface area contributed by atoms with E-state index in [1.54, 1.807) is 32.0 Å². The molecule has 1 aromatic heterocycles. The Morgan fingerprint density at radius 2 is 2.08 bits per heavy atom. The van der Waals surface area contributed by atoms with Crippen LogP contribution in [0.1, 0.15) is 36.1 Å².